The van der Waals surface area contributed by atoms with Crippen LogP contribution in [0.2, 0.25) is 0 Å². The zero-order valence-corrected chi connectivity index (χ0v) is 14.2. The Hall–Kier alpha value is -1.95. The van der Waals surface area contributed by atoms with Gasteiger partial charge in [-0.15, -0.1) is 0 Å². The summed E-state index contributed by atoms with van der Waals surface area (Å²) in [5.41, 5.74) is 3.11. The van der Waals surface area contributed by atoms with E-state index < -0.39 is 11.6 Å². The molecule has 6 heteroatoms. The van der Waals surface area contributed by atoms with Gasteiger partial charge >= 0.3 is 0 Å². The van der Waals surface area contributed by atoms with Crippen LogP contribution in [-0.2, 0) is 13.1 Å². The lowest BCUT2D eigenvalue weighted by atomic mass is 10.0. The molecule has 1 unspecified atom stereocenters. The first kappa shape index (κ1) is 16.9. The fourth-order valence-corrected chi connectivity index (χ4v) is 3.34. The normalized spacial score (nSPS) is 18.8. The fraction of sp³-hybridized carbons (Fsp3) is 0.500. The third kappa shape index (κ3) is 3.75. The number of likely N-dealkylation sites (tertiary alicyclic amines) is 1. The maximum atomic E-state index is 13.3. The van der Waals surface area contributed by atoms with Crippen LogP contribution in [-0.4, -0.2) is 33.8 Å². The number of anilines is 1. The van der Waals surface area contributed by atoms with E-state index in [-0.39, 0.29) is 6.04 Å². The van der Waals surface area contributed by atoms with Gasteiger partial charge in [0.15, 0.2) is 11.6 Å². The van der Waals surface area contributed by atoms with E-state index in [1.54, 1.807) is 6.07 Å². The topological polar surface area (TPSA) is 33.1 Å². The standard InChI is InChI=1S/C18H24F2N4/c1-3-24-13(2)14(10-21-24)11-23-8-4-5-16(12-23)22-15-6-7-17(19)18(20)9-15/h6-7,9-10,16,22H,3-5,8,11-12H2,1-2H3. The van der Waals surface area contributed by atoms with E-state index in [1.807, 2.05) is 10.9 Å². The highest BCUT2D eigenvalue weighted by molar-refractivity contribution is 5.44. The summed E-state index contributed by atoms with van der Waals surface area (Å²) in [5, 5.41) is 7.73. The molecule has 1 fully saturated rings. The first-order chi connectivity index (χ1) is 11.6. The molecule has 2 heterocycles. The highest BCUT2D eigenvalue weighted by atomic mass is 19.2. The van der Waals surface area contributed by atoms with Gasteiger partial charge in [-0.2, -0.15) is 5.10 Å². The Kier molecular flexibility index (Phi) is 5.14. The Morgan fingerprint density at radius 3 is 2.83 bits per heavy atom. The molecule has 2 aromatic rings. The SMILES string of the molecule is CCn1ncc(CN2CCCC(Nc3ccc(F)c(F)c3)C2)c1C. The number of halogens is 2. The summed E-state index contributed by atoms with van der Waals surface area (Å²) in [5.74, 6) is -1.62. The summed E-state index contributed by atoms with van der Waals surface area (Å²) in [6.07, 6.45) is 4.07. The summed E-state index contributed by atoms with van der Waals surface area (Å²) in [6.45, 7) is 7.88. The molecule has 0 amide bonds. The summed E-state index contributed by atoms with van der Waals surface area (Å²) in [7, 11) is 0. The van der Waals surface area contributed by atoms with E-state index >= 15 is 0 Å². The van der Waals surface area contributed by atoms with Gasteiger partial charge in [-0.3, -0.25) is 9.58 Å². The van der Waals surface area contributed by atoms with Gasteiger partial charge in [0, 0.05) is 48.7 Å². The number of hydrogen-bond acceptors (Lipinski definition) is 3. The van der Waals surface area contributed by atoms with E-state index in [0.717, 1.165) is 39.0 Å². The second-order valence-electron chi connectivity index (χ2n) is 6.42. The Bertz CT molecular complexity index is 698. The lowest BCUT2D eigenvalue weighted by Crippen LogP contribution is -2.41. The molecule has 1 aliphatic heterocycles. The van der Waals surface area contributed by atoms with Crippen LogP contribution in [0.5, 0.6) is 0 Å². The van der Waals surface area contributed by atoms with Crippen molar-refractivity contribution in [2.24, 2.45) is 0 Å². The molecule has 1 aliphatic rings. The van der Waals surface area contributed by atoms with E-state index in [9.17, 15) is 8.78 Å². The van der Waals surface area contributed by atoms with Crippen LogP contribution in [0.1, 0.15) is 31.0 Å². The van der Waals surface area contributed by atoms with Crippen molar-refractivity contribution in [1.29, 1.82) is 0 Å². The van der Waals surface area contributed by atoms with Crippen molar-refractivity contribution < 1.29 is 8.78 Å². The van der Waals surface area contributed by atoms with Crippen molar-refractivity contribution in [3.05, 3.63) is 47.3 Å². The Morgan fingerprint density at radius 2 is 2.12 bits per heavy atom. The molecule has 24 heavy (non-hydrogen) atoms. The minimum atomic E-state index is -0.811. The van der Waals surface area contributed by atoms with E-state index in [1.165, 1.54) is 23.4 Å². The Balaban J connectivity index is 1.61. The number of hydrogen-bond donors (Lipinski definition) is 1. The number of rotatable bonds is 5. The number of benzene rings is 1. The largest absolute Gasteiger partial charge is 0.381 e. The molecule has 130 valence electrons. The number of piperidine rings is 1. The zero-order chi connectivity index (χ0) is 17.1. The van der Waals surface area contributed by atoms with Crippen molar-refractivity contribution in [1.82, 2.24) is 14.7 Å². The molecular weight excluding hydrogens is 310 g/mol. The van der Waals surface area contributed by atoms with Crippen LogP contribution in [0.25, 0.3) is 0 Å². The number of aryl methyl sites for hydroxylation is 1. The van der Waals surface area contributed by atoms with E-state index in [4.69, 9.17) is 0 Å². The maximum Gasteiger partial charge on any atom is 0.160 e. The monoisotopic (exact) mass is 334 g/mol. The van der Waals surface area contributed by atoms with Crippen LogP contribution in [0.4, 0.5) is 14.5 Å². The van der Waals surface area contributed by atoms with Crippen molar-refractivity contribution in [3.8, 4) is 0 Å². The van der Waals surface area contributed by atoms with Gasteiger partial charge < -0.3 is 5.32 Å². The fourth-order valence-electron chi connectivity index (χ4n) is 3.34. The van der Waals surface area contributed by atoms with Crippen molar-refractivity contribution in [2.75, 3.05) is 18.4 Å². The van der Waals surface area contributed by atoms with Crippen molar-refractivity contribution in [3.63, 3.8) is 0 Å². The number of nitrogens with one attached hydrogen (secondary N) is 1. The van der Waals surface area contributed by atoms with Gasteiger partial charge in [0.05, 0.1) is 6.20 Å². The average Bonchev–Trinajstić information content (AvgIpc) is 2.91. The number of aromatic nitrogens is 2. The van der Waals surface area contributed by atoms with Crippen molar-refractivity contribution >= 4 is 5.69 Å². The molecule has 0 saturated carbocycles. The maximum absolute atomic E-state index is 13.3. The number of nitrogens with zero attached hydrogens (tertiary/aromatic N) is 3. The molecule has 1 N–H and O–H groups in total. The third-order valence-corrected chi connectivity index (χ3v) is 4.69. The predicted molar refractivity (Wildman–Crippen MR) is 90.9 cm³/mol. The smallest absolute Gasteiger partial charge is 0.160 e. The van der Waals surface area contributed by atoms with Gasteiger partial charge in [0.25, 0.3) is 0 Å². The summed E-state index contributed by atoms with van der Waals surface area (Å²) < 4.78 is 28.4. The molecule has 1 saturated heterocycles. The van der Waals surface area contributed by atoms with E-state index in [2.05, 4.69) is 29.2 Å². The van der Waals surface area contributed by atoms with E-state index in [0.29, 0.717) is 5.69 Å². The van der Waals surface area contributed by atoms with Gasteiger partial charge in [0.2, 0.25) is 0 Å². The molecule has 3 rings (SSSR count). The quantitative estimate of drug-likeness (QED) is 0.907. The molecule has 1 aromatic heterocycles. The van der Waals surface area contributed by atoms with Gasteiger partial charge in [0.1, 0.15) is 0 Å². The van der Waals surface area contributed by atoms with Crippen LogP contribution >= 0.6 is 0 Å². The first-order valence-electron chi connectivity index (χ1n) is 8.52. The molecular formula is C18H24F2N4. The minimum Gasteiger partial charge on any atom is -0.381 e. The molecule has 0 radical (unpaired) electrons. The average molecular weight is 334 g/mol. The van der Waals surface area contributed by atoms with Crippen LogP contribution in [0.3, 0.4) is 0 Å². The molecule has 0 spiro atoms. The molecule has 0 bridgehead atoms. The molecule has 0 aliphatic carbocycles. The molecule has 1 atom stereocenters. The Morgan fingerprint density at radius 1 is 1.29 bits per heavy atom. The van der Waals surface area contributed by atoms with Gasteiger partial charge in [-0.1, -0.05) is 0 Å². The molecule has 1 aromatic carbocycles. The molecule has 4 nitrogen and oxygen atoms in total. The highest BCUT2D eigenvalue weighted by Gasteiger charge is 2.21. The van der Waals surface area contributed by atoms with Crippen LogP contribution in [0, 0.1) is 18.6 Å². The lowest BCUT2D eigenvalue weighted by molar-refractivity contribution is 0.208. The van der Waals surface area contributed by atoms with Gasteiger partial charge in [-0.25, -0.2) is 8.78 Å². The minimum absolute atomic E-state index is 0.241. The van der Waals surface area contributed by atoms with Gasteiger partial charge in [-0.05, 0) is 45.4 Å². The predicted octanol–water partition coefficient (Wildman–Crippen LogP) is 3.57. The van der Waals surface area contributed by atoms with Crippen molar-refractivity contribution in [2.45, 2.75) is 45.8 Å². The van der Waals surface area contributed by atoms with Crippen LogP contribution in [0.15, 0.2) is 24.4 Å². The third-order valence-electron chi connectivity index (χ3n) is 4.69. The second-order valence-corrected chi connectivity index (χ2v) is 6.42. The zero-order valence-electron chi connectivity index (χ0n) is 14.2. The van der Waals surface area contributed by atoms with Crippen LogP contribution < -0.4 is 5.32 Å². The second kappa shape index (κ2) is 7.30. The first-order valence-corrected chi connectivity index (χ1v) is 8.52. The lowest BCUT2D eigenvalue weighted by Gasteiger charge is -2.33. The summed E-state index contributed by atoms with van der Waals surface area (Å²) in [6, 6.07) is 4.22. The highest BCUT2D eigenvalue weighted by Crippen LogP contribution is 2.20. The Labute approximate surface area is 141 Å². The summed E-state index contributed by atoms with van der Waals surface area (Å²) >= 11 is 0. The summed E-state index contributed by atoms with van der Waals surface area (Å²) in [4.78, 5) is 2.39.